The predicted octanol–water partition coefficient (Wildman–Crippen LogP) is 4.27. The van der Waals surface area contributed by atoms with E-state index in [4.69, 9.17) is 16.3 Å². The van der Waals surface area contributed by atoms with Gasteiger partial charge in [-0.15, -0.1) is 11.3 Å². The van der Waals surface area contributed by atoms with E-state index in [1.54, 1.807) is 23.0 Å². The second-order valence-electron chi connectivity index (χ2n) is 5.29. The average Bonchev–Trinajstić information content (AvgIpc) is 3.15. The van der Waals surface area contributed by atoms with Gasteiger partial charge in [0.05, 0.1) is 22.5 Å². The van der Waals surface area contributed by atoms with Crippen molar-refractivity contribution in [1.82, 2.24) is 9.78 Å². The number of benzene rings is 1. The van der Waals surface area contributed by atoms with E-state index in [9.17, 15) is 4.79 Å². The van der Waals surface area contributed by atoms with Crippen molar-refractivity contribution in [2.75, 3.05) is 5.32 Å². The van der Waals surface area contributed by atoms with Crippen LogP contribution < -0.4 is 10.1 Å². The summed E-state index contributed by atoms with van der Waals surface area (Å²) in [7, 11) is 1.83. The van der Waals surface area contributed by atoms with Gasteiger partial charge in [0, 0.05) is 17.6 Å². The van der Waals surface area contributed by atoms with Crippen LogP contribution in [0.1, 0.15) is 20.9 Å². The largest absolute Gasteiger partial charge is 0.489 e. The molecule has 3 aromatic rings. The maximum absolute atomic E-state index is 12.3. The molecule has 1 amide bonds. The van der Waals surface area contributed by atoms with Crippen molar-refractivity contribution in [3.05, 3.63) is 63.1 Å². The fourth-order valence-electron chi connectivity index (χ4n) is 2.10. The summed E-state index contributed by atoms with van der Waals surface area (Å²) in [4.78, 5) is 12.9. The predicted molar refractivity (Wildman–Crippen MR) is 96.0 cm³/mol. The topological polar surface area (TPSA) is 56.1 Å². The summed E-state index contributed by atoms with van der Waals surface area (Å²) >= 11 is 7.31. The molecule has 0 unspecified atom stereocenters. The summed E-state index contributed by atoms with van der Waals surface area (Å²) < 4.78 is 7.40. The highest BCUT2D eigenvalue weighted by Crippen LogP contribution is 2.22. The minimum atomic E-state index is -0.148. The Morgan fingerprint density at radius 1 is 1.42 bits per heavy atom. The molecule has 2 aromatic heterocycles. The third-order valence-electron chi connectivity index (χ3n) is 3.56. The van der Waals surface area contributed by atoms with Gasteiger partial charge in [0.15, 0.2) is 0 Å². The highest BCUT2D eigenvalue weighted by atomic mass is 35.5. The molecule has 0 radical (unpaired) electrons. The van der Waals surface area contributed by atoms with E-state index in [-0.39, 0.29) is 5.91 Å². The quantitative estimate of drug-likeness (QED) is 0.738. The lowest BCUT2D eigenvalue weighted by atomic mass is 10.3. The van der Waals surface area contributed by atoms with Gasteiger partial charge in [-0.2, -0.15) is 5.10 Å². The number of aromatic nitrogens is 2. The van der Waals surface area contributed by atoms with Crippen LogP contribution in [-0.4, -0.2) is 15.7 Å². The molecule has 0 saturated heterocycles. The maximum atomic E-state index is 12.3. The van der Waals surface area contributed by atoms with Gasteiger partial charge in [-0.25, -0.2) is 0 Å². The Morgan fingerprint density at radius 3 is 2.96 bits per heavy atom. The fraction of sp³-hybridized carbons (Fsp3) is 0.176. The van der Waals surface area contributed by atoms with Gasteiger partial charge >= 0.3 is 0 Å². The van der Waals surface area contributed by atoms with Gasteiger partial charge in [0.2, 0.25) is 0 Å². The Bertz CT molecular complexity index is 872. The number of rotatable bonds is 5. The fourth-order valence-corrected chi connectivity index (χ4v) is 3.07. The molecule has 0 saturated carbocycles. The van der Waals surface area contributed by atoms with Crippen molar-refractivity contribution < 1.29 is 9.53 Å². The lowest BCUT2D eigenvalue weighted by Crippen LogP contribution is -2.10. The maximum Gasteiger partial charge on any atom is 0.265 e. The van der Waals surface area contributed by atoms with E-state index in [0.717, 1.165) is 11.3 Å². The van der Waals surface area contributed by atoms with Gasteiger partial charge < -0.3 is 10.1 Å². The van der Waals surface area contributed by atoms with Crippen molar-refractivity contribution in [2.24, 2.45) is 7.05 Å². The molecule has 24 heavy (non-hydrogen) atoms. The van der Waals surface area contributed by atoms with E-state index >= 15 is 0 Å². The lowest BCUT2D eigenvalue weighted by Gasteiger charge is -2.04. The average molecular weight is 362 g/mol. The van der Waals surface area contributed by atoms with Crippen molar-refractivity contribution >= 4 is 34.5 Å². The molecule has 0 aliphatic heterocycles. The van der Waals surface area contributed by atoms with Crippen molar-refractivity contribution in [3.63, 3.8) is 0 Å². The van der Waals surface area contributed by atoms with Crippen LogP contribution in [0.25, 0.3) is 0 Å². The zero-order chi connectivity index (χ0) is 17.1. The summed E-state index contributed by atoms with van der Waals surface area (Å²) in [5.74, 6) is 0.552. The molecule has 0 fully saturated rings. The van der Waals surface area contributed by atoms with Crippen molar-refractivity contribution in [2.45, 2.75) is 13.5 Å². The molecule has 124 valence electrons. The van der Waals surface area contributed by atoms with Crippen LogP contribution in [-0.2, 0) is 13.7 Å². The number of hydrogen-bond acceptors (Lipinski definition) is 4. The summed E-state index contributed by atoms with van der Waals surface area (Å²) in [6, 6.07) is 9.06. The number of hydrogen-bond donors (Lipinski definition) is 1. The van der Waals surface area contributed by atoms with E-state index in [0.29, 0.717) is 27.9 Å². The Hall–Kier alpha value is -2.31. The first-order valence-electron chi connectivity index (χ1n) is 7.28. The first-order valence-corrected chi connectivity index (χ1v) is 8.54. The number of nitrogens with zero attached hydrogens (tertiary/aromatic N) is 2. The summed E-state index contributed by atoms with van der Waals surface area (Å²) in [5, 5.41) is 9.53. The summed E-state index contributed by atoms with van der Waals surface area (Å²) in [6.07, 6.45) is 1.64. The van der Waals surface area contributed by atoms with E-state index in [1.807, 2.05) is 37.6 Å². The molecule has 0 aliphatic rings. The van der Waals surface area contributed by atoms with Gasteiger partial charge in [-0.1, -0.05) is 17.7 Å². The first kappa shape index (κ1) is 16.5. The number of halogens is 1. The van der Waals surface area contributed by atoms with Gasteiger partial charge in [0.1, 0.15) is 12.4 Å². The summed E-state index contributed by atoms with van der Waals surface area (Å²) in [6.45, 7) is 2.29. The van der Waals surface area contributed by atoms with Crippen LogP contribution >= 0.6 is 22.9 Å². The molecule has 7 heteroatoms. The molecule has 5 nitrogen and oxygen atoms in total. The van der Waals surface area contributed by atoms with E-state index in [1.165, 1.54) is 11.3 Å². The third-order valence-corrected chi connectivity index (χ3v) is 4.78. The molecule has 0 spiro atoms. The number of nitrogens with one attached hydrogen (secondary N) is 1. The van der Waals surface area contributed by atoms with Gasteiger partial charge in [0.25, 0.3) is 5.91 Å². The minimum absolute atomic E-state index is 0.148. The van der Waals surface area contributed by atoms with Crippen molar-refractivity contribution in [3.8, 4) is 5.75 Å². The molecular formula is C17H16ClN3O2S. The Labute approximate surface area is 148 Å². The zero-order valence-corrected chi connectivity index (χ0v) is 14.8. The molecule has 0 atom stereocenters. The Kier molecular flexibility index (Phi) is 4.87. The van der Waals surface area contributed by atoms with Crippen LogP contribution in [0.5, 0.6) is 5.75 Å². The standard InChI is InChI=1S/C17H16ClN3O2S/c1-11-15(8-19-21(11)2)20-17(22)16-6-12(10-24-16)9-23-14-5-3-4-13(18)7-14/h3-8,10H,9H2,1-2H3,(H,20,22). The number of aryl methyl sites for hydroxylation is 1. The van der Waals surface area contributed by atoms with Crippen LogP contribution in [0.3, 0.4) is 0 Å². The molecular weight excluding hydrogens is 346 g/mol. The first-order chi connectivity index (χ1) is 11.5. The van der Waals surface area contributed by atoms with Crippen molar-refractivity contribution in [1.29, 1.82) is 0 Å². The second-order valence-corrected chi connectivity index (χ2v) is 6.63. The Balaban J connectivity index is 1.62. The molecule has 0 aliphatic carbocycles. The molecule has 1 aromatic carbocycles. The van der Waals surface area contributed by atoms with E-state index < -0.39 is 0 Å². The molecule has 3 rings (SSSR count). The number of thiophene rings is 1. The highest BCUT2D eigenvalue weighted by molar-refractivity contribution is 7.12. The zero-order valence-electron chi connectivity index (χ0n) is 13.2. The van der Waals surface area contributed by atoms with Gasteiger partial charge in [-0.05, 0) is 36.6 Å². The number of amides is 1. The minimum Gasteiger partial charge on any atom is -0.489 e. The van der Waals surface area contributed by atoms with Gasteiger partial charge in [-0.3, -0.25) is 9.48 Å². The number of ether oxygens (including phenoxy) is 1. The normalized spacial score (nSPS) is 10.6. The van der Waals surface area contributed by atoms with E-state index in [2.05, 4.69) is 10.4 Å². The smallest absolute Gasteiger partial charge is 0.265 e. The second kappa shape index (κ2) is 7.07. The highest BCUT2D eigenvalue weighted by Gasteiger charge is 2.12. The molecule has 2 heterocycles. The third kappa shape index (κ3) is 3.77. The SMILES string of the molecule is Cc1c(NC(=O)c2cc(COc3cccc(Cl)c3)cs2)cnn1C. The number of carbonyl (C=O) groups excluding carboxylic acids is 1. The molecule has 1 N–H and O–H groups in total. The van der Waals surface area contributed by atoms with Crippen LogP contribution in [0, 0.1) is 6.92 Å². The number of carbonyl (C=O) groups is 1. The Morgan fingerprint density at radius 2 is 2.25 bits per heavy atom. The van der Waals surface area contributed by atoms with Crippen LogP contribution in [0.2, 0.25) is 5.02 Å². The summed E-state index contributed by atoms with van der Waals surface area (Å²) in [5.41, 5.74) is 2.56. The van der Waals surface area contributed by atoms with Crippen LogP contribution in [0.4, 0.5) is 5.69 Å². The number of anilines is 1. The molecule has 0 bridgehead atoms. The van der Waals surface area contributed by atoms with Crippen LogP contribution in [0.15, 0.2) is 41.9 Å². The lowest BCUT2D eigenvalue weighted by molar-refractivity contribution is 0.103. The monoisotopic (exact) mass is 361 g/mol.